The van der Waals surface area contributed by atoms with E-state index in [2.05, 4.69) is 38.1 Å². The monoisotopic (exact) mass is 349 g/mol. The van der Waals surface area contributed by atoms with Crippen molar-refractivity contribution in [3.63, 3.8) is 0 Å². The number of nitrogens with one attached hydrogen (secondary N) is 1. The van der Waals surface area contributed by atoms with Gasteiger partial charge in [0.1, 0.15) is 18.2 Å². The van der Waals surface area contributed by atoms with E-state index in [0.717, 1.165) is 41.1 Å². The molecule has 1 heterocycles. The summed E-state index contributed by atoms with van der Waals surface area (Å²) >= 11 is 3.52. The largest absolute Gasteiger partial charge is 0.473 e. The molecule has 0 amide bonds. The summed E-state index contributed by atoms with van der Waals surface area (Å²) in [6.07, 6.45) is 1.84. The molecule has 1 aromatic heterocycles. The lowest BCUT2D eigenvalue weighted by molar-refractivity contribution is 0.292. The molecule has 0 saturated carbocycles. The minimum atomic E-state index is 0.481. The predicted molar refractivity (Wildman–Crippen MR) is 88.7 cm³/mol. The Kier molecular flexibility index (Phi) is 5.99. The zero-order valence-electron chi connectivity index (χ0n) is 12.4. The lowest BCUT2D eigenvalue weighted by Crippen LogP contribution is -2.07. The van der Waals surface area contributed by atoms with Crippen molar-refractivity contribution in [2.24, 2.45) is 0 Å². The van der Waals surface area contributed by atoms with E-state index in [4.69, 9.17) is 4.74 Å². The first-order chi connectivity index (χ1) is 10.2. The quantitative estimate of drug-likeness (QED) is 0.813. The van der Waals surface area contributed by atoms with Gasteiger partial charge in [0.25, 0.3) is 0 Å². The Bertz CT molecular complexity index is 589. The molecule has 0 radical (unpaired) electrons. The molecular weight excluding hydrogens is 330 g/mol. The van der Waals surface area contributed by atoms with Crippen molar-refractivity contribution in [3.8, 4) is 5.88 Å². The second-order valence-corrected chi connectivity index (χ2v) is 5.52. The molecule has 0 fully saturated rings. The molecule has 0 spiro atoms. The van der Waals surface area contributed by atoms with Gasteiger partial charge in [0.15, 0.2) is 0 Å². The van der Waals surface area contributed by atoms with Crippen LogP contribution in [0.15, 0.2) is 34.8 Å². The van der Waals surface area contributed by atoms with Crippen LogP contribution in [0.2, 0.25) is 0 Å². The summed E-state index contributed by atoms with van der Waals surface area (Å²) in [5.74, 6) is 2.22. The molecular formula is C16H20BrN3O. The Morgan fingerprint density at radius 3 is 2.71 bits per heavy atom. The number of ether oxygens (including phenoxy) is 1. The summed E-state index contributed by atoms with van der Waals surface area (Å²) in [6, 6.07) is 9.87. The maximum Gasteiger partial charge on any atom is 0.219 e. The van der Waals surface area contributed by atoms with Crippen molar-refractivity contribution in [1.82, 2.24) is 9.97 Å². The standard InChI is InChI=1S/C16H20BrN3O/c1-3-9-18-15-10-16(20-14(4-2)19-15)21-11-12-7-5-6-8-13(12)17/h5-8,10H,3-4,9,11H2,1-2H3,(H,18,19,20). The number of anilines is 1. The van der Waals surface area contributed by atoms with Gasteiger partial charge in [0.2, 0.25) is 5.88 Å². The summed E-state index contributed by atoms with van der Waals surface area (Å²) in [5.41, 5.74) is 1.09. The highest BCUT2D eigenvalue weighted by molar-refractivity contribution is 9.10. The van der Waals surface area contributed by atoms with E-state index in [1.54, 1.807) is 0 Å². The van der Waals surface area contributed by atoms with E-state index >= 15 is 0 Å². The highest BCUT2D eigenvalue weighted by Crippen LogP contribution is 2.19. The highest BCUT2D eigenvalue weighted by atomic mass is 79.9. The first-order valence-corrected chi connectivity index (χ1v) is 8.00. The molecule has 112 valence electrons. The van der Waals surface area contributed by atoms with Crippen molar-refractivity contribution in [2.75, 3.05) is 11.9 Å². The molecule has 21 heavy (non-hydrogen) atoms. The maximum atomic E-state index is 5.81. The summed E-state index contributed by atoms with van der Waals surface area (Å²) in [6.45, 7) is 5.54. The Morgan fingerprint density at radius 2 is 2.00 bits per heavy atom. The van der Waals surface area contributed by atoms with Gasteiger partial charge >= 0.3 is 0 Å². The van der Waals surface area contributed by atoms with Crippen LogP contribution >= 0.6 is 15.9 Å². The molecule has 0 bridgehead atoms. The van der Waals surface area contributed by atoms with Crippen LogP contribution in [0, 0.1) is 0 Å². The van der Waals surface area contributed by atoms with Gasteiger partial charge in [0.05, 0.1) is 0 Å². The minimum Gasteiger partial charge on any atom is -0.473 e. The second kappa shape index (κ2) is 7.98. The van der Waals surface area contributed by atoms with Gasteiger partial charge in [-0.1, -0.05) is 48.0 Å². The van der Waals surface area contributed by atoms with Crippen molar-refractivity contribution < 1.29 is 4.74 Å². The lowest BCUT2D eigenvalue weighted by atomic mass is 10.2. The number of aromatic nitrogens is 2. The van der Waals surface area contributed by atoms with Crippen molar-refractivity contribution >= 4 is 21.7 Å². The Balaban J connectivity index is 2.09. The number of hydrogen-bond acceptors (Lipinski definition) is 4. The number of halogens is 1. The van der Waals surface area contributed by atoms with Crippen LogP contribution in [0.5, 0.6) is 5.88 Å². The average molecular weight is 350 g/mol. The molecule has 0 unspecified atom stereocenters. The lowest BCUT2D eigenvalue weighted by Gasteiger charge is -2.10. The van der Waals surface area contributed by atoms with E-state index in [-0.39, 0.29) is 0 Å². The molecule has 5 heteroatoms. The molecule has 4 nitrogen and oxygen atoms in total. The van der Waals surface area contributed by atoms with Gasteiger partial charge in [-0.25, -0.2) is 4.98 Å². The smallest absolute Gasteiger partial charge is 0.219 e. The average Bonchev–Trinajstić information content (AvgIpc) is 2.52. The van der Waals surface area contributed by atoms with Crippen LogP contribution in [0.4, 0.5) is 5.82 Å². The first-order valence-electron chi connectivity index (χ1n) is 7.21. The fraction of sp³-hybridized carbons (Fsp3) is 0.375. The molecule has 1 N–H and O–H groups in total. The van der Waals surface area contributed by atoms with Gasteiger partial charge in [-0.3, -0.25) is 0 Å². The van der Waals surface area contributed by atoms with E-state index in [9.17, 15) is 0 Å². The number of hydrogen-bond donors (Lipinski definition) is 1. The molecule has 0 aliphatic heterocycles. The third-order valence-electron chi connectivity index (χ3n) is 2.95. The van der Waals surface area contributed by atoms with Crippen LogP contribution in [0.1, 0.15) is 31.7 Å². The summed E-state index contributed by atoms with van der Waals surface area (Å²) < 4.78 is 6.86. The molecule has 2 rings (SSSR count). The number of rotatable bonds is 7. The van der Waals surface area contributed by atoms with Crippen LogP contribution < -0.4 is 10.1 Å². The zero-order valence-corrected chi connectivity index (χ0v) is 14.0. The van der Waals surface area contributed by atoms with Crippen LogP contribution in [0.3, 0.4) is 0 Å². The topological polar surface area (TPSA) is 47.0 Å². The molecule has 1 aromatic carbocycles. The minimum absolute atomic E-state index is 0.481. The Labute approximate surface area is 134 Å². The van der Waals surface area contributed by atoms with Crippen molar-refractivity contribution in [2.45, 2.75) is 33.3 Å². The number of nitrogens with zero attached hydrogens (tertiary/aromatic N) is 2. The number of benzene rings is 1. The third-order valence-corrected chi connectivity index (χ3v) is 3.73. The fourth-order valence-electron chi connectivity index (χ4n) is 1.82. The summed E-state index contributed by atoms with van der Waals surface area (Å²) in [5, 5.41) is 3.28. The Hall–Kier alpha value is -1.62. The molecule has 0 aliphatic rings. The first kappa shape index (κ1) is 15.8. The normalized spacial score (nSPS) is 10.4. The molecule has 0 atom stereocenters. The van der Waals surface area contributed by atoms with Gasteiger partial charge < -0.3 is 10.1 Å². The second-order valence-electron chi connectivity index (χ2n) is 4.67. The predicted octanol–water partition coefficient (Wildman–Crippen LogP) is 4.20. The fourth-order valence-corrected chi connectivity index (χ4v) is 2.21. The molecule has 0 aliphatic carbocycles. The molecule has 0 saturated heterocycles. The number of aryl methyl sites for hydroxylation is 1. The van der Waals surface area contributed by atoms with Gasteiger partial charge in [-0.2, -0.15) is 4.98 Å². The van der Waals surface area contributed by atoms with Crippen LogP contribution in [0.25, 0.3) is 0 Å². The van der Waals surface area contributed by atoms with E-state index in [0.29, 0.717) is 12.5 Å². The van der Waals surface area contributed by atoms with E-state index in [1.807, 2.05) is 37.3 Å². The van der Waals surface area contributed by atoms with Crippen LogP contribution in [-0.4, -0.2) is 16.5 Å². The van der Waals surface area contributed by atoms with Gasteiger partial charge in [0, 0.05) is 29.1 Å². The summed E-state index contributed by atoms with van der Waals surface area (Å²) in [4.78, 5) is 8.87. The summed E-state index contributed by atoms with van der Waals surface area (Å²) in [7, 11) is 0. The van der Waals surface area contributed by atoms with E-state index in [1.165, 1.54) is 0 Å². The van der Waals surface area contributed by atoms with Gasteiger partial charge in [-0.15, -0.1) is 0 Å². The Morgan fingerprint density at radius 1 is 1.19 bits per heavy atom. The molecule has 2 aromatic rings. The van der Waals surface area contributed by atoms with Crippen LogP contribution in [-0.2, 0) is 13.0 Å². The zero-order chi connectivity index (χ0) is 15.1. The highest BCUT2D eigenvalue weighted by Gasteiger charge is 2.06. The van der Waals surface area contributed by atoms with Gasteiger partial charge in [-0.05, 0) is 12.5 Å². The van der Waals surface area contributed by atoms with Crippen molar-refractivity contribution in [3.05, 3.63) is 46.2 Å². The third kappa shape index (κ3) is 4.70. The van der Waals surface area contributed by atoms with Crippen molar-refractivity contribution in [1.29, 1.82) is 0 Å². The SMILES string of the molecule is CCCNc1cc(OCc2ccccc2Br)nc(CC)n1. The van der Waals surface area contributed by atoms with E-state index < -0.39 is 0 Å². The maximum absolute atomic E-state index is 5.81.